The van der Waals surface area contributed by atoms with Crippen molar-refractivity contribution in [2.24, 2.45) is 5.41 Å². The lowest BCUT2D eigenvalue weighted by Crippen LogP contribution is -2.45. The molecule has 2 aromatic heterocycles. The number of rotatable bonds is 8. The third kappa shape index (κ3) is 9.76. The van der Waals surface area contributed by atoms with Crippen molar-refractivity contribution in [3.63, 3.8) is 0 Å². The number of pyridine rings is 1. The Bertz CT molecular complexity index is 2250. The van der Waals surface area contributed by atoms with E-state index in [1.165, 1.54) is 12.1 Å². The van der Waals surface area contributed by atoms with Crippen LogP contribution in [0.5, 0.6) is 11.6 Å². The molecule has 2 aliphatic rings. The second kappa shape index (κ2) is 17.3. The molecule has 1 fully saturated rings. The number of amides is 1. The number of hydrogen-bond donors (Lipinski definition) is 1. The number of aryl methyl sites for hydroxylation is 1. The quantitative estimate of drug-likeness (QED) is 0.170. The normalized spacial score (nSPS) is 16.9. The van der Waals surface area contributed by atoms with E-state index in [2.05, 4.69) is 40.4 Å². The van der Waals surface area contributed by atoms with Gasteiger partial charge >= 0.3 is 0 Å². The maximum absolute atomic E-state index is 14.6. The Morgan fingerprint density at radius 2 is 1.70 bits per heavy atom. The largest absolute Gasteiger partial charge is 0.488 e. The van der Waals surface area contributed by atoms with Crippen molar-refractivity contribution < 1.29 is 27.4 Å². The first-order chi connectivity index (χ1) is 26.4. The summed E-state index contributed by atoms with van der Waals surface area (Å²) in [6, 6.07) is 26.7. The van der Waals surface area contributed by atoms with E-state index in [0.29, 0.717) is 48.9 Å². The Hall–Kier alpha value is -5.24. The van der Waals surface area contributed by atoms with Crippen LogP contribution in [0.15, 0.2) is 102 Å². The third-order valence-electron chi connectivity index (χ3n) is 9.54. The molecule has 14 heteroatoms. The van der Waals surface area contributed by atoms with E-state index in [-0.39, 0.29) is 59.2 Å². The van der Waals surface area contributed by atoms with Crippen LogP contribution < -0.4 is 19.1 Å². The van der Waals surface area contributed by atoms with Gasteiger partial charge in [0.05, 0.1) is 54.0 Å². The number of nitrogens with one attached hydrogen (secondary N) is 1. The van der Waals surface area contributed by atoms with Gasteiger partial charge < -0.3 is 24.0 Å². The van der Waals surface area contributed by atoms with E-state index < -0.39 is 16.1 Å². The van der Waals surface area contributed by atoms with Crippen molar-refractivity contribution in [2.75, 3.05) is 42.5 Å². The third-order valence-corrected chi connectivity index (χ3v) is 10.9. The SMILES string of the molecule is Cc1cccc(OCc2ccccc2)c1-c1cc2nc(n1)NS(=O)(=O)c1cccc(c1)C(=O)N(Cc1ccc(N3CCOCC3)cn1)[C@H](CC(C)(C)C)CO2.Cl. The smallest absolute Gasteiger partial charge is 0.264 e. The summed E-state index contributed by atoms with van der Waals surface area (Å²) in [6.45, 7) is 11.7. The fourth-order valence-corrected chi connectivity index (χ4v) is 7.84. The van der Waals surface area contributed by atoms with Crippen molar-refractivity contribution in [3.05, 3.63) is 120 Å². The van der Waals surface area contributed by atoms with Crippen LogP contribution in [0.1, 0.15) is 54.4 Å². The van der Waals surface area contributed by atoms with Gasteiger partial charge in [-0.2, -0.15) is 4.98 Å². The highest BCUT2D eigenvalue weighted by atomic mass is 35.5. The molecule has 3 aromatic carbocycles. The Balaban J connectivity index is 0.00000532. The fourth-order valence-electron chi connectivity index (χ4n) is 6.85. The first-order valence-corrected chi connectivity index (χ1v) is 19.9. The van der Waals surface area contributed by atoms with Crippen LogP contribution in [0.25, 0.3) is 11.3 Å². The first-order valence-electron chi connectivity index (χ1n) is 18.4. The zero-order valence-electron chi connectivity index (χ0n) is 32.0. The average molecular weight is 799 g/mol. The molecule has 1 N–H and O–H groups in total. The summed E-state index contributed by atoms with van der Waals surface area (Å²) in [5, 5.41) is 0. The standard InChI is InChI=1S/C42H46N6O6S.ClH/c1-29-10-8-15-37(53-27-30-11-6-5-7-12-30)39(29)36-23-38-45-41(44-36)46-55(50,51)35-14-9-13-31(22-35)40(49)48(34(28-54-38)24-42(2,3)4)26-32-16-17-33(25-43-32)47-18-20-52-21-19-47;/h5-17,22-23,25,34H,18-21,24,26-28H2,1-4H3,(H,44,45,46);1H/t34-;/m1./s1. The molecular weight excluding hydrogens is 752 g/mol. The van der Waals surface area contributed by atoms with E-state index in [4.69, 9.17) is 19.2 Å². The topological polar surface area (TPSA) is 136 Å². The van der Waals surface area contributed by atoms with Crippen LogP contribution in [0.2, 0.25) is 0 Å². The molecule has 1 atom stereocenters. The lowest BCUT2D eigenvalue weighted by Gasteiger charge is -2.35. The number of halogens is 1. The minimum atomic E-state index is -4.24. The Kier molecular flexibility index (Phi) is 12.5. The predicted molar refractivity (Wildman–Crippen MR) is 218 cm³/mol. The molecule has 294 valence electrons. The van der Waals surface area contributed by atoms with Gasteiger partial charge in [-0.1, -0.05) is 69.3 Å². The van der Waals surface area contributed by atoms with Gasteiger partial charge in [0, 0.05) is 30.3 Å². The lowest BCUT2D eigenvalue weighted by atomic mass is 9.87. The maximum Gasteiger partial charge on any atom is 0.264 e. The molecule has 0 saturated carbocycles. The second-order valence-electron chi connectivity index (χ2n) is 15.0. The summed E-state index contributed by atoms with van der Waals surface area (Å²) in [6.07, 6.45) is 2.40. The number of morpholine rings is 1. The number of hydrogen-bond acceptors (Lipinski definition) is 10. The van der Waals surface area contributed by atoms with Gasteiger partial charge in [0.2, 0.25) is 11.8 Å². The summed E-state index contributed by atoms with van der Waals surface area (Å²) >= 11 is 0. The minimum Gasteiger partial charge on any atom is -0.488 e. The van der Waals surface area contributed by atoms with Gasteiger partial charge in [0.1, 0.15) is 19.0 Å². The number of aromatic nitrogens is 3. The molecule has 56 heavy (non-hydrogen) atoms. The molecule has 0 unspecified atom stereocenters. The highest BCUT2D eigenvalue weighted by Crippen LogP contribution is 2.36. The maximum atomic E-state index is 14.6. The predicted octanol–water partition coefficient (Wildman–Crippen LogP) is 7.32. The second-order valence-corrected chi connectivity index (χ2v) is 16.7. The number of nitrogens with zero attached hydrogens (tertiary/aromatic N) is 5. The molecule has 4 heterocycles. The van der Waals surface area contributed by atoms with Crippen LogP contribution >= 0.6 is 12.4 Å². The van der Waals surface area contributed by atoms with Gasteiger partial charge in [-0.3, -0.25) is 9.78 Å². The molecule has 1 amide bonds. The first kappa shape index (κ1) is 40.4. The number of sulfonamides is 1. The fraction of sp³-hybridized carbons (Fsp3) is 0.333. The molecule has 2 aliphatic heterocycles. The number of anilines is 2. The van der Waals surface area contributed by atoms with Crippen LogP contribution in [-0.2, 0) is 27.9 Å². The number of ether oxygens (including phenoxy) is 3. The highest BCUT2D eigenvalue weighted by molar-refractivity contribution is 7.92. The minimum absolute atomic E-state index is 0. The summed E-state index contributed by atoms with van der Waals surface area (Å²) in [5.74, 6) is 0.203. The van der Waals surface area contributed by atoms with Crippen molar-refractivity contribution >= 4 is 40.0 Å². The molecule has 4 bridgehead atoms. The summed E-state index contributed by atoms with van der Waals surface area (Å²) in [4.78, 5) is 32.4. The van der Waals surface area contributed by atoms with Crippen molar-refractivity contribution in [2.45, 2.75) is 58.2 Å². The van der Waals surface area contributed by atoms with Gasteiger partial charge in [-0.05, 0) is 66.3 Å². The molecule has 0 spiro atoms. The van der Waals surface area contributed by atoms with E-state index in [0.717, 1.165) is 29.9 Å². The van der Waals surface area contributed by atoms with Crippen LogP contribution in [-0.4, -0.2) is 73.1 Å². The molecule has 5 aromatic rings. The molecule has 12 nitrogen and oxygen atoms in total. The summed E-state index contributed by atoms with van der Waals surface area (Å²) in [7, 11) is -4.24. The monoisotopic (exact) mass is 798 g/mol. The van der Waals surface area contributed by atoms with Gasteiger partial charge in [0.25, 0.3) is 15.9 Å². The van der Waals surface area contributed by atoms with Gasteiger partial charge in [-0.25, -0.2) is 18.1 Å². The Morgan fingerprint density at radius 1 is 0.929 bits per heavy atom. The highest BCUT2D eigenvalue weighted by Gasteiger charge is 2.32. The van der Waals surface area contributed by atoms with Crippen molar-refractivity contribution in [1.82, 2.24) is 19.9 Å². The molecule has 1 saturated heterocycles. The van der Waals surface area contributed by atoms with E-state index in [9.17, 15) is 13.2 Å². The number of benzene rings is 3. The molecular formula is C42H47ClN6O6S. The number of carbonyl (C=O) groups is 1. The number of fused-ring (bicyclic) bond motifs is 4. The summed E-state index contributed by atoms with van der Waals surface area (Å²) < 4.78 is 48.6. The molecule has 7 rings (SSSR count). The lowest BCUT2D eigenvalue weighted by molar-refractivity contribution is 0.0509. The van der Waals surface area contributed by atoms with Crippen LogP contribution in [0.3, 0.4) is 0 Å². The summed E-state index contributed by atoms with van der Waals surface area (Å²) in [5.41, 5.74) is 4.63. The Labute approximate surface area is 334 Å². The average Bonchev–Trinajstić information content (AvgIpc) is 3.18. The zero-order chi connectivity index (χ0) is 38.6. The van der Waals surface area contributed by atoms with Gasteiger partial charge in [-0.15, -0.1) is 12.4 Å². The Morgan fingerprint density at radius 3 is 2.43 bits per heavy atom. The molecule has 0 aliphatic carbocycles. The van der Waals surface area contributed by atoms with E-state index in [1.54, 1.807) is 23.1 Å². The van der Waals surface area contributed by atoms with Crippen LogP contribution in [0.4, 0.5) is 11.6 Å². The van der Waals surface area contributed by atoms with E-state index >= 15 is 0 Å². The van der Waals surface area contributed by atoms with Crippen LogP contribution in [0, 0.1) is 12.3 Å². The van der Waals surface area contributed by atoms with E-state index in [1.807, 2.05) is 73.8 Å². The number of carbonyl (C=O) groups excluding carboxylic acids is 1. The van der Waals surface area contributed by atoms with Crippen molar-refractivity contribution in [1.29, 1.82) is 0 Å². The molecule has 0 radical (unpaired) electrons. The zero-order valence-corrected chi connectivity index (χ0v) is 33.6. The van der Waals surface area contributed by atoms with Crippen molar-refractivity contribution in [3.8, 4) is 22.9 Å². The van der Waals surface area contributed by atoms with Gasteiger partial charge in [0.15, 0.2) is 0 Å².